The van der Waals surface area contributed by atoms with E-state index in [1.165, 1.54) is 32.8 Å². The van der Waals surface area contributed by atoms with Crippen LogP contribution in [0.3, 0.4) is 0 Å². The molecule has 220 valence electrons. The molecule has 0 aliphatic carbocycles. The molecule has 3 heterocycles. The van der Waals surface area contributed by atoms with Crippen molar-refractivity contribution in [3.8, 4) is 11.4 Å². The molecule has 1 N–H and O–H groups in total. The number of aliphatic hydroxyl groups is 1. The first-order chi connectivity index (χ1) is 19.9. The van der Waals surface area contributed by atoms with Gasteiger partial charge in [0.25, 0.3) is 0 Å². The van der Waals surface area contributed by atoms with E-state index in [4.69, 9.17) is 16.3 Å². The molecule has 13 heteroatoms. The topological polar surface area (TPSA) is 104 Å². The molecule has 2 aromatic carbocycles. The summed E-state index contributed by atoms with van der Waals surface area (Å²) in [6.45, 7) is 2.95. The van der Waals surface area contributed by atoms with Crippen molar-refractivity contribution in [3.63, 3.8) is 0 Å². The van der Waals surface area contributed by atoms with Gasteiger partial charge in [0.05, 0.1) is 29.6 Å². The summed E-state index contributed by atoms with van der Waals surface area (Å²) in [5, 5.41) is 15.8. The Kier molecular flexibility index (Phi) is 8.13. The molecule has 0 bridgehead atoms. The van der Waals surface area contributed by atoms with Crippen molar-refractivity contribution >= 4 is 34.3 Å². The molecule has 1 fully saturated rings. The number of fused-ring (bicyclic) bond motifs is 1. The maximum Gasteiger partial charge on any atom is 0.241 e. The summed E-state index contributed by atoms with van der Waals surface area (Å²) in [5.74, 6) is -1.44. The van der Waals surface area contributed by atoms with Gasteiger partial charge >= 0.3 is 0 Å². The Morgan fingerprint density at radius 1 is 1.24 bits per heavy atom. The summed E-state index contributed by atoms with van der Waals surface area (Å²) in [6.07, 6.45) is 0.983. The summed E-state index contributed by atoms with van der Waals surface area (Å²) in [4.78, 5) is 33.4. The number of likely N-dealkylation sites (N-methyl/N-ethyl adjacent to an activating group) is 1. The molecule has 2 atom stereocenters. The molecule has 1 saturated heterocycles. The largest absolute Gasteiger partial charge is 0.487 e. The number of aliphatic hydroxyl groups excluding tert-OH is 1. The smallest absolute Gasteiger partial charge is 0.241 e. The van der Waals surface area contributed by atoms with E-state index in [9.17, 15) is 23.5 Å². The lowest BCUT2D eigenvalue weighted by molar-refractivity contribution is -0.145. The van der Waals surface area contributed by atoms with Gasteiger partial charge in [-0.1, -0.05) is 23.7 Å². The van der Waals surface area contributed by atoms with E-state index in [1.807, 2.05) is 6.07 Å². The van der Waals surface area contributed by atoms with E-state index < -0.39 is 29.9 Å². The minimum absolute atomic E-state index is 0.0834. The molecule has 5 rings (SSSR count). The van der Waals surface area contributed by atoms with E-state index in [0.29, 0.717) is 39.2 Å². The van der Waals surface area contributed by atoms with Gasteiger partial charge in [0, 0.05) is 36.8 Å². The first-order valence-electron chi connectivity index (χ1n) is 13.1. The van der Waals surface area contributed by atoms with Gasteiger partial charge in [-0.25, -0.2) is 23.3 Å². The second-order valence-electron chi connectivity index (χ2n) is 10.3. The number of carbonyl (C=O) groups excluding carboxylic acids is 2. The van der Waals surface area contributed by atoms with Gasteiger partial charge in [-0.15, -0.1) is 0 Å². The minimum atomic E-state index is -1.40. The zero-order valence-electron chi connectivity index (χ0n) is 23.4. The minimum Gasteiger partial charge on any atom is -0.487 e. The molecule has 1 unspecified atom stereocenters. The Balaban J connectivity index is 1.45. The molecule has 2 amide bonds. The van der Waals surface area contributed by atoms with Crippen LogP contribution in [0.2, 0.25) is 5.02 Å². The van der Waals surface area contributed by atoms with Crippen LogP contribution in [0.1, 0.15) is 29.8 Å². The summed E-state index contributed by atoms with van der Waals surface area (Å²) < 4.78 is 35.9. The molecule has 42 heavy (non-hydrogen) atoms. The number of aryl methyl sites for hydroxylation is 1. The van der Waals surface area contributed by atoms with Crippen molar-refractivity contribution in [2.45, 2.75) is 32.8 Å². The number of carbonyl (C=O) groups is 2. The van der Waals surface area contributed by atoms with Crippen LogP contribution < -0.4 is 4.74 Å². The number of para-hydroxylation sites is 1. The maximum absolute atomic E-state index is 14.6. The Hall–Kier alpha value is -4.13. The summed E-state index contributed by atoms with van der Waals surface area (Å²) in [7, 11) is 3.11. The fourth-order valence-corrected chi connectivity index (χ4v) is 5.24. The number of pyridine rings is 1. The normalized spacial score (nSPS) is 16.3. The van der Waals surface area contributed by atoms with Crippen LogP contribution in [0.5, 0.6) is 5.75 Å². The number of nitrogens with zero attached hydrogens (tertiary/aromatic N) is 6. The first-order valence-corrected chi connectivity index (χ1v) is 13.5. The number of benzene rings is 2. The van der Waals surface area contributed by atoms with Crippen LogP contribution in [0.4, 0.5) is 8.78 Å². The molecule has 0 spiro atoms. The van der Waals surface area contributed by atoms with E-state index in [2.05, 4.69) is 10.1 Å². The monoisotopic (exact) mass is 598 g/mol. The molecule has 1 aliphatic heterocycles. The zero-order valence-corrected chi connectivity index (χ0v) is 24.1. The third-order valence-corrected chi connectivity index (χ3v) is 7.58. The third kappa shape index (κ3) is 5.65. The van der Waals surface area contributed by atoms with Crippen LogP contribution in [-0.2, 0) is 16.2 Å². The number of ether oxygens (including phenoxy) is 1. The second kappa shape index (κ2) is 11.6. The number of aromatic nitrogens is 3. The quantitative estimate of drug-likeness (QED) is 0.329. The molecular weight excluding hydrogens is 570 g/mol. The van der Waals surface area contributed by atoms with Crippen molar-refractivity contribution in [3.05, 3.63) is 82.3 Å². The van der Waals surface area contributed by atoms with E-state index in [1.54, 1.807) is 46.1 Å². The van der Waals surface area contributed by atoms with Gasteiger partial charge < -0.3 is 14.7 Å². The molecule has 10 nitrogen and oxygen atoms in total. The van der Waals surface area contributed by atoms with Crippen LogP contribution >= 0.6 is 11.6 Å². The van der Waals surface area contributed by atoms with Crippen LogP contribution in [0.25, 0.3) is 16.6 Å². The van der Waals surface area contributed by atoms with Crippen LogP contribution in [0.15, 0.2) is 48.8 Å². The first kappa shape index (κ1) is 29.4. The molecular formula is C29H29ClF2N6O4. The number of halogens is 3. The van der Waals surface area contributed by atoms with Crippen LogP contribution in [0, 0.1) is 18.6 Å². The van der Waals surface area contributed by atoms with Crippen molar-refractivity contribution in [2.75, 3.05) is 27.2 Å². The van der Waals surface area contributed by atoms with E-state index >= 15 is 0 Å². The Labute approximate surface area is 245 Å². The zero-order chi connectivity index (χ0) is 30.3. The van der Waals surface area contributed by atoms with E-state index in [0.717, 1.165) is 11.1 Å². The standard InChI is InChI=1S/C29H29ClF2N6O4/c1-16-8-24(38-12-19(32)11-33-38)20-6-5-7-25(28(20)34-16)42-15-22-21(9-18(31)10-23(22)30)17(2)36-14-27(40)37(29(36)41)13-26(39)35(3)4/h5-12,17,29,41H,13-15H2,1-4H3/t17-,29?/m0/s1. The highest BCUT2D eigenvalue weighted by Crippen LogP contribution is 2.35. The Bertz CT molecular complexity index is 1680. The van der Waals surface area contributed by atoms with Gasteiger partial charge in [0.2, 0.25) is 11.8 Å². The molecule has 2 aromatic heterocycles. The Morgan fingerprint density at radius 3 is 2.69 bits per heavy atom. The molecule has 0 radical (unpaired) electrons. The highest BCUT2D eigenvalue weighted by Gasteiger charge is 2.41. The summed E-state index contributed by atoms with van der Waals surface area (Å²) >= 11 is 6.51. The van der Waals surface area contributed by atoms with Crippen molar-refractivity contribution in [1.82, 2.24) is 29.5 Å². The highest BCUT2D eigenvalue weighted by atomic mass is 35.5. The fourth-order valence-electron chi connectivity index (χ4n) is 4.97. The average Bonchev–Trinajstić information content (AvgIpc) is 3.49. The molecule has 4 aromatic rings. The number of hydrogen-bond donors (Lipinski definition) is 1. The lowest BCUT2D eigenvalue weighted by Crippen LogP contribution is -2.45. The molecule has 1 aliphatic rings. The van der Waals surface area contributed by atoms with Crippen molar-refractivity contribution in [1.29, 1.82) is 0 Å². The predicted molar refractivity (Wildman–Crippen MR) is 151 cm³/mol. The summed E-state index contributed by atoms with van der Waals surface area (Å²) in [6, 6.07) is 8.88. The van der Waals surface area contributed by atoms with E-state index in [-0.39, 0.29) is 30.6 Å². The fraction of sp³-hybridized carbons (Fsp3) is 0.310. The van der Waals surface area contributed by atoms with Crippen molar-refractivity contribution in [2.24, 2.45) is 0 Å². The van der Waals surface area contributed by atoms with Gasteiger partial charge in [0.15, 0.2) is 12.2 Å². The Morgan fingerprint density at radius 2 is 2.00 bits per heavy atom. The number of amides is 2. The number of hydrogen-bond acceptors (Lipinski definition) is 7. The lowest BCUT2D eigenvalue weighted by Gasteiger charge is -2.31. The second-order valence-corrected chi connectivity index (χ2v) is 10.7. The van der Waals surface area contributed by atoms with Gasteiger partial charge in [-0.2, -0.15) is 5.10 Å². The van der Waals surface area contributed by atoms with Gasteiger partial charge in [-0.05, 0) is 43.7 Å². The third-order valence-electron chi connectivity index (χ3n) is 7.24. The molecule has 0 saturated carbocycles. The highest BCUT2D eigenvalue weighted by molar-refractivity contribution is 6.31. The predicted octanol–water partition coefficient (Wildman–Crippen LogP) is 3.81. The van der Waals surface area contributed by atoms with Crippen LogP contribution in [-0.4, -0.2) is 79.9 Å². The average molecular weight is 599 g/mol. The number of rotatable bonds is 8. The van der Waals surface area contributed by atoms with Gasteiger partial charge in [-0.3, -0.25) is 14.5 Å². The SMILES string of the molecule is Cc1cc(-n2cc(F)cn2)c2cccc(OCc3c(Cl)cc(F)cc3[C@H](C)N3CC(=O)N(CC(=O)N(C)C)C3O)c2n1. The lowest BCUT2D eigenvalue weighted by atomic mass is 10.00. The van der Waals surface area contributed by atoms with Crippen molar-refractivity contribution < 1.29 is 28.2 Å². The maximum atomic E-state index is 14.6. The van der Waals surface area contributed by atoms with Gasteiger partial charge in [0.1, 0.15) is 30.2 Å². The summed E-state index contributed by atoms with van der Waals surface area (Å²) in [5.41, 5.74) is 2.64.